The van der Waals surface area contributed by atoms with Crippen molar-refractivity contribution in [1.82, 2.24) is 81.7 Å². The molecule has 133 heavy (non-hydrogen) atoms. The van der Waals surface area contributed by atoms with Crippen LogP contribution in [-0.2, 0) is 112 Å². The smallest absolute Gasteiger partial charge is 0.246 e. The Balaban J connectivity index is 1.01. The number of nitrogens with two attached hydrogens (primary N) is 3. The van der Waals surface area contributed by atoms with Crippen LogP contribution in [-0.4, -0.2) is 297 Å². The number of nitrogens with one attached hydrogen (secondary N) is 10. The first-order chi connectivity index (χ1) is 63.6. The maximum atomic E-state index is 15.7. The molecule has 0 unspecified atom stereocenters. The van der Waals surface area contributed by atoms with E-state index in [1.165, 1.54) is 67.6 Å². The molecule has 6 aromatic rings. The molecule has 4 saturated heterocycles. The third-order valence-electron chi connectivity index (χ3n) is 25.1. The van der Waals surface area contributed by atoms with Gasteiger partial charge in [0.2, 0.25) is 88.6 Å². The number of carbonyl (C=O) groups is 18. The lowest BCUT2D eigenvalue weighted by atomic mass is 9.89. The van der Waals surface area contributed by atoms with E-state index in [0.29, 0.717) is 82.7 Å². The Morgan fingerprint density at radius 2 is 1.11 bits per heavy atom. The van der Waals surface area contributed by atoms with Crippen molar-refractivity contribution in [2.75, 3.05) is 58.4 Å². The fraction of sp³-hybridized carbons (Fsp3) is 0.533. The van der Waals surface area contributed by atoms with Crippen LogP contribution in [0.5, 0.6) is 5.75 Å². The van der Waals surface area contributed by atoms with E-state index in [-0.39, 0.29) is 82.4 Å². The van der Waals surface area contributed by atoms with E-state index < -0.39 is 267 Å². The standard InChI is InChI=1S/C92H123N19O21S/c1-6-8-21-71-85(125)101-51(3)75(115)38-57(82(122)99-45-80(95)120)48-133-49-81(121)102-67(33-52-25-28-59(113)29-26-52)91(131)109-31-15-14-23-70(109)77(117)37-54(39-79(94)119)89(129)110-32-16-24-72(110)86(126)103-65(40-58-44-96-50-100-58)76(116)36-53(27-30-78(93)118)88(128)111-46-60(114)41-74(111)87(127)104-66(34-55-42-97-63-19-12-10-17-61(55)63)83(123)106-69(47-112)84(124)105-68(35-56-43-98-64-20-13-11-18-62(56)64)90(130)108(5)73(22-9-7-2)92(132)107(71)4/h10-13,17-20,25-26,28-29,42-44,50-51,53-54,57,60,65-74,97-98,112-114H,6-9,14-16,21-24,27,30-41,45-49H2,1-5H3,(H2,93,118)(H2,94,119)(H2,95,120)(H,96,100)(H,99,122)(H,101,125)(H,102,121)(H,103,126)(H,104,127)(H,105,124)(H,106,123)/t51-,53+,54-,57-,60+,65-,66-,67-,68-,69-,70-,71-,72-,73-,74-/m0/s1. The highest BCUT2D eigenvalue weighted by molar-refractivity contribution is 7.99. The van der Waals surface area contributed by atoms with Crippen molar-refractivity contribution in [2.45, 2.75) is 235 Å². The zero-order valence-corrected chi connectivity index (χ0v) is 76.2. The first-order valence-corrected chi connectivity index (χ1v) is 46.4. The van der Waals surface area contributed by atoms with Crippen LogP contribution in [0.2, 0.25) is 0 Å². The number of nitrogens with zero attached hydrogens (tertiary/aromatic N) is 6. The number of benzene rings is 3. The number of aromatic hydroxyl groups is 1. The van der Waals surface area contributed by atoms with Crippen molar-refractivity contribution >= 4 is 140 Å². The first kappa shape index (κ1) is 102. The highest BCUT2D eigenvalue weighted by atomic mass is 32.2. The van der Waals surface area contributed by atoms with E-state index in [2.05, 4.69) is 57.2 Å². The molecule has 0 bridgehead atoms. The monoisotopic (exact) mass is 1860 g/mol. The number of thioether (sulfide) groups is 1. The summed E-state index contributed by atoms with van der Waals surface area (Å²) in [5.41, 5.74) is 19.9. The lowest BCUT2D eigenvalue weighted by Crippen LogP contribution is -2.61. The molecule has 15 atom stereocenters. The first-order valence-electron chi connectivity index (χ1n) is 45.2. The normalized spacial score (nSPS) is 25.6. The number of amides is 15. The number of piperidine rings is 1. The number of aliphatic hydroxyl groups excluding tert-OH is 2. The van der Waals surface area contributed by atoms with Gasteiger partial charge in [0.15, 0.2) is 17.3 Å². The molecule has 40 nitrogen and oxygen atoms in total. The number of likely N-dealkylation sites (N-methyl/N-ethyl adjacent to an activating group) is 2. The summed E-state index contributed by atoms with van der Waals surface area (Å²) in [5, 5.41) is 52.9. The minimum atomic E-state index is -1.89. The van der Waals surface area contributed by atoms with E-state index in [9.17, 15) is 53.7 Å². The Morgan fingerprint density at radius 1 is 0.534 bits per heavy atom. The summed E-state index contributed by atoms with van der Waals surface area (Å²) in [6.45, 7) is 2.69. The van der Waals surface area contributed by atoms with Gasteiger partial charge in [-0.05, 0) is 99.2 Å². The Labute approximate surface area is 772 Å². The molecule has 4 fully saturated rings. The van der Waals surface area contributed by atoms with E-state index in [1.807, 2.05) is 13.8 Å². The summed E-state index contributed by atoms with van der Waals surface area (Å²) in [5.74, 6) is -20.7. The van der Waals surface area contributed by atoms with Gasteiger partial charge in [-0.2, -0.15) is 11.8 Å². The van der Waals surface area contributed by atoms with Gasteiger partial charge in [-0.3, -0.25) is 86.3 Å². The van der Waals surface area contributed by atoms with E-state index in [4.69, 9.17) is 17.2 Å². The number of rotatable bonds is 23. The molecule has 10 rings (SSSR count). The van der Waals surface area contributed by atoms with Crippen molar-refractivity contribution in [3.63, 3.8) is 0 Å². The molecular weight excluding hydrogens is 1740 g/mol. The van der Waals surface area contributed by atoms with Crippen molar-refractivity contribution in [1.29, 1.82) is 0 Å². The van der Waals surface area contributed by atoms with Gasteiger partial charge >= 0.3 is 0 Å². The fourth-order valence-corrected chi connectivity index (χ4v) is 18.7. The zero-order chi connectivity index (χ0) is 96.4. The van der Waals surface area contributed by atoms with Crippen LogP contribution >= 0.6 is 11.8 Å². The number of primary amides is 3. The lowest BCUT2D eigenvalue weighted by Gasteiger charge is -2.38. The summed E-state index contributed by atoms with van der Waals surface area (Å²) in [6.07, 6.45) is 2.26. The van der Waals surface area contributed by atoms with Crippen LogP contribution < -0.4 is 54.4 Å². The van der Waals surface area contributed by atoms with Crippen LogP contribution in [0.4, 0.5) is 0 Å². The number of hydrogen-bond acceptors (Lipinski definition) is 23. The molecule has 19 N–H and O–H groups in total. The summed E-state index contributed by atoms with van der Waals surface area (Å²) >= 11 is 0.867. The Kier molecular flexibility index (Phi) is 37.2. The van der Waals surface area contributed by atoms with Gasteiger partial charge in [-0.1, -0.05) is 88.1 Å². The second kappa shape index (κ2) is 48.5. The van der Waals surface area contributed by atoms with Gasteiger partial charge in [0.1, 0.15) is 54.1 Å². The number of carbonyl (C=O) groups excluding carboxylic acids is 18. The average molecular weight is 1860 g/mol. The van der Waals surface area contributed by atoms with Crippen molar-refractivity contribution in [2.24, 2.45) is 35.0 Å². The van der Waals surface area contributed by atoms with Crippen LogP contribution in [0, 0.1) is 17.8 Å². The molecule has 41 heteroatoms. The zero-order valence-electron chi connectivity index (χ0n) is 75.4. The van der Waals surface area contributed by atoms with E-state index in [1.54, 1.807) is 60.9 Å². The van der Waals surface area contributed by atoms with Gasteiger partial charge in [0.25, 0.3) is 0 Å². The number of phenolic OH excluding ortho intramolecular Hbond substituents is 1. The second-order valence-electron chi connectivity index (χ2n) is 34.9. The largest absolute Gasteiger partial charge is 0.508 e. The van der Waals surface area contributed by atoms with Crippen LogP contribution in [0.25, 0.3) is 21.8 Å². The number of aromatic nitrogens is 4. The highest BCUT2D eigenvalue weighted by Gasteiger charge is 2.47. The van der Waals surface area contributed by atoms with Crippen molar-refractivity contribution in [3.05, 3.63) is 120 Å². The lowest BCUT2D eigenvalue weighted by molar-refractivity contribution is -0.149. The molecule has 3 aromatic heterocycles. The number of para-hydroxylation sites is 2. The van der Waals surface area contributed by atoms with E-state index in [0.717, 1.165) is 26.5 Å². The number of hydrogen-bond donors (Lipinski definition) is 16. The minimum Gasteiger partial charge on any atom is -0.508 e. The average Bonchev–Trinajstić information content (AvgIpc) is 1.64. The molecule has 0 aliphatic carbocycles. The van der Waals surface area contributed by atoms with Crippen molar-refractivity contribution < 1.29 is 102 Å². The SMILES string of the molecule is CCCC[C@H]1C(=O)N(C)[C@@H](CCCC)C(=O)N[C@@H](C)C(=O)C[C@H](C(=O)NCC(N)=O)CSCC(=O)N[C@@H](Cc2ccc(O)cc2)C(=O)N2CCCC[C@H]2C(=O)C[C@@H](CC(N)=O)C(=O)N2CCC[C@H]2C(=O)N[C@@H](Cc2cnc[nH]2)C(=O)C[C@@H](CCC(N)=O)C(=O)N2C[C@H](O)C[C@H]2C(=O)N[C@@H](Cc2c[nH]c3ccccc23)C(=O)N[C@@H](CO)C(=O)N[C@@H](Cc2c[nH]c3ccccc23)C(=O)N1C. The predicted octanol–water partition coefficient (Wildman–Crippen LogP) is -0.147. The van der Waals surface area contributed by atoms with Crippen LogP contribution in [0.3, 0.4) is 0 Å². The molecule has 4 aliphatic rings. The Morgan fingerprint density at radius 3 is 1.74 bits per heavy atom. The van der Waals surface area contributed by atoms with Gasteiger partial charge in [-0.25, -0.2) is 4.98 Å². The number of H-pyrrole nitrogens is 3. The molecule has 0 saturated carbocycles. The number of fused-ring (bicyclic) bond motifs is 5. The number of Topliss-reactive ketones (excluding diaryl/α,β-unsaturated/α-hetero) is 3. The highest BCUT2D eigenvalue weighted by Crippen LogP contribution is 2.32. The summed E-state index contributed by atoms with van der Waals surface area (Å²) in [4.78, 5) is 282. The quantitative estimate of drug-likeness (QED) is 0.0397. The Bertz CT molecular complexity index is 5200. The second-order valence-corrected chi connectivity index (χ2v) is 35.9. The van der Waals surface area contributed by atoms with E-state index >= 15 is 47.9 Å². The van der Waals surface area contributed by atoms with Crippen molar-refractivity contribution in [3.8, 4) is 5.75 Å². The summed E-state index contributed by atoms with van der Waals surface area (Å²) in [6, 6.07) is 3.49. The van der Waals surface area contributed by atoms with Gasteiger partial charge in [0.05, 0.1) is 61.3 Å². The molecule has 15 amide bonds. The topological polar surface area (TPSA) is 607 Å². The van der Waals surface area contributed by atoms with Gasteiger partial charge < -0.3 is 109 Å². The fourth-order valence-electron chi connectivity index (χ4n) is 17.8. The summed E-state index contributed by atoms with van der Waals surface area (Å²) < 4.78 is 0. The Hall–Kier alpha value is -12.9. The predicted molar refractivity (Wildman–Crippen MR) is 486 cm³/mol. The maximum Gasteiger partial charge on any atom is 0.246 e. The number of ketones is 3. The van der Waals surface area contributed by atoms with Crippen LogP contribution in [0.15, 0.2) is 97.7 Å². The molecule has 718 valence electrons. The maximum absolute atomic E-state index is 15.7. The van der Waals surface area contributed by atoms with Gasteiger partial charge in [-0.15, -0.1) is 0 Å². The molecule has 0 radical (unpaired) electrons. The molecular formula is C92H123N19O21S. The molecule has 7 heterocycles. The molecule has 4 aliphatic heterocycles. The number of phenols is 1. The third-order valence-corrected chi connectivity index (χ3v) is 26.2. The van der Waals surface area contributed by atoms with Gasteiger partial charge in [0, 0.05) is 156 Å². The van der Waals surface area contributed by atoms with Crippen LogP contribution in [0.1, 0.15) is 159 Å². The number of aliphatic hydroxyl groups is 2. The molecule has 0 spiro atoms. The number of unbranched alkanes of at least 4 members (excludes halogenated alkanes) is 2. The third kappa shape index (κ3) is 27.6. The minimum absolute atomic E-state index is 0.00224. The summed E-state index contributed by atoms with van der Waals surface area (Å²) in [7, 11) is 2.72. The number of aromatic amines is 3. The molecule has 3 aromatic carbocycles. The number of imidazole rings is 1.